The van der Waals surface area contributed by atoms with Crippen molar-refractivity contribution in [3.63, 3.8) is 0 Å². The fourth-order valence-electron chi connectivity index (χ4n) is 2.50. The van der Waals surface area contributed by atoms with Gasteiger partial charge in [-0.15, -0.1) is 0 Å². The van der Waals surface area contributed by atoms with Crippen LogP contribution in [0.2, 0.25) is 0 Å². The lowest BCUT2D eigenvalue weighted by atomic mass is 10.1. The minimum atomic E-state index is -0.393. The molecule has 2 aromatic rings. The predicted molar refractivity (Wildman–Crippen MR) is 101 cm³/mol. The van der Waals surface area contributed by atoms with Gasteiger partial charge in [0.15, 0.2) is 5.96 Å². The third-order valence-corrected chi connectivity index (χ3v) is 3.90. The lowest BCUT2D eigenvalue weighted by Crippen LogP contribution is -2.37. The molecular formula is C19H23FN4O2. The SMILES string of the molecule is CN=C(NCCCCc1ccc([N+](=O)[O-])cc1)NCc1cccc(F)c1. The van der Waals surface area contributed by atoms with E-state index in [1.54, 1.807) is 25.2 Å². The molecule has 2 N–H and O–H groups in total. The number of hydrogen-bond donors (Lipinski definition) is 2. The highest BCUT2D eigenvalue weighted by molar-refractivity contribution is 5.79. The molecule has 0 radical (unpaired) electrons. The molecule has 0 saturated heterocycles. The van der Waals surface area contributed by atoms with E-state index in [0.717, 1.165) is 36.9 Å². The summed E-state index contributed by atoms with van der Waals surface area (Å²) in [5.41, 5.74) is 2.05. The number of benzene rings is 2. The largest absolute Gasteiger partial charge is 0.356 e. The maximum atomic E-state index is 13.2. The molecule has 0 amide bonds. The number of hydrogen-bond acceptors (Lipinski definition) is 3. The molecule has 0 fully saturated rings. The molecule has 0 atom stereocenters. The van der Waals surface area contributed by atoms with Gasteiger partial charge in [0.05, 0.1) is 4.92 Å². The summed E-state index contributed by atoms with van der Waals surface area (Å²) in [5, 5.41) is 17.0. The molecule has 0 aliphatic rings. The lowest BCUT2D eigenvalue weighted by molar-refractivity contribution is -0.384. The van der Waals surface area contributed by atoms with E-state index in [-0.39, 0.29) is 11.5 Å². The zero-order chi connectivity index (χ0) is 18.8. The van der Waals surface area contributed by atoms with Crippen molar-refractivity contribution in [2.75, 3.05) is 13.6 Å². The molecule has 0 unspecified atom stereocenters. The average molecular weight is 358 g/mol. The standard InChI is InChI=1S/C19H23FN4O2/c1-21-19(23-14-16-6-4-7-17(20)13-16)22-12-3-2-5-15-8-10-18(11-9-15)24(25)26/h4,6-11,13H,2-3,5,12,14H2,1H3,(H2,21,22,23). The van der Waals surface area contributed by atoms with Crippen LogP contribution in [0.5, 0.6) is 0 Å². The summed E-state index contributed by atoms with van der Waals surface area (Å²) in [5.74, 6) is 0.420. The molecule has 0 bridgehead atoms. The van der Waals surface area contributed by atoms with Crippen molar-refractivity contribution in [2.24, 2.45) is 4.99 Å². The topological polar surface area (TPSA) is 79.6 Å². The van der Waals surface area contributed by atoms with Crippen LogP contribution >= 0.6 is 0 Å². The second-order valence-corrected chi connectivity index (χ2v) is 5.86. The van der Waals surface area contributed by atoms with Crippen LogP contribution in [-0.4, -0.2) is 24.5 Å². The van der Waals surface area contributed by atoms with Crippen LogP contribution in [0.1, 0.15) is 24.0 Å². The summed E-state index contributed by atoms with van der Waals surface area (Å²) in [7, 11) is 1.69. The normalized spacial score (nSPS) is 11.2. The molecular weight excluding hydrogens is 335 g/mol. The third kappa shape index (κ3) is 6.51. The molecule has 26 heavy (non-hydrogen) atoms. The number of nitrogens with zero attached hydrogens (tertiary/aromatic N) is 2. The van der Waals surface area contributed by atoms with Crippen LogP contribution in [0, 0.1) is 15.9 Å². The van der Waals surface area contributed by atoms with Gasteiger partial charge in [0.25, 0.3) is 5.69 Å². The van der Waals surface area contributed by atoms with E-state index in [2.05, 4.69) is 15.6 Å². The molecule has 0 aliphatic carbocycles. The van der Waals surface area contributed by atoms with Gasteiger partial charge in [-0.05, 0) is 42.5 Å². The van der Waals surface area contributed by atoms with Gasteiger partial charge in [0.2, 0.25) is 0 Å². The quantitative estimate of drug-likeness (QED) is 0.249. The number of aliphatic imine (C=N–C) groups is 1. The van der Waals surface area contributed by atoms with E-state index < -0.39 is 4.92 Å². The Morgan fingerprint density at radius 2 is 1.88 bits per heavy atom. The Kier molecular flexibility index (Phi) is 7.54. The van der Waals surface area contributed by atoms with Crippen molar-refractivity contribution in [3.8, 4) is 0 Å². The van der Waals surface area contributed by atoms with E-state index in [1.165, 1.54) is 24.3 Å². The Morgan fingerprint density at radius 1 is 1.12 bits per heavy atom. The summed E-state index contributed by atoms with van der Waals surface area (Å²) in [6.07, 6.45) is 2.78. The highest BCUT2D eigenvalue weighted by atomic mass is 19.1. The summed E-state index contributed by atoms with van der Waals surface area (Å²) in [4.78, 5) is 14.4. The minimum absolute atomic E-state index is 0.114. The van der Waals surface area contributed by atoms with E-state index in [4.69, 9.17) is 0 Å². The third-order valence-electron chi connectivity index (χ3n) is 3.90. The van der Waals surface area contributed by atoms with Gasteiger partial charge in [-0.1, -0.05) is 24.3 Å². The van der Waals surface area contributed by atoms with Gasteiger partial charge < -0.3 is 10.6 Å². The van der Waals surface area contributed by atoms with E-state index >= 15 is 0 Å². The summed E-state index contributed by atoms with van der Waals surface area (Å²) >= 11 is 0. The van der Waals surface area contributed by atoms with Crippen LogP contribution < -0.4 is 10.6 Å². The second kappa shape index (κ2) is 10.1. The lowest BCUT2D eigenvalue weighted by Gasteiger charge is -2.12. The monoisotopic (exact) mass is 358 g/mol. The Hall–Kier alpha value is -2.96. The predicted octanol–water partition coefficient (Wildman–Crippen LogP) is 3.42. The molecule has 0 spiro atoms. The van der Waals surface area contributed by atoms with Gasteiger partial charge in [-0.3, -0.25) is 15.1 Å². The Labute approximate surface area is 152 Å². The zero-order valence-electron chi connectivity index (χ0n) is 14.7. The van der Waals surface area contributed by atoms with Crippen molar-refractivity contribution in [2.45, 2.75) is 25.8 Å². The van der Waals surface area contributed by atoms with Crippen molar-refractivity contribution in [1.82, 2.24) is 10.6 Å². The first-order valence-corrected chi connectivity index (χ1v) is 8.51. The van der Waals surface area contributed by atoms with E-state index in [9.17, 15) is 14.5 Å². The first-order valence-electron chi connectivity index (χ1n) is 8.51. The molecule has 2 aromatic carbocycles. The smallest absolute Gasteiger partial charge is 0.269 e. The molecule has 2 rings (SSSR count). The fourth-order valence-corrected chi connectivity index (χ4v) is 2.50. The van der Waals surface area contributed by atoms with Gasteiger partial charge >= 0.3 is 0 Å². The van der Waals surface area contributed by atoms with Gasteiger partial charge in [0, 0.05) is 32.3 Å². The van der Waals surface area contributed by atoms with Crippen molar-refractivity contribution < 1.29 is 9.31 Å². The molecule has 7 heteroatoms. The number of guanidine groups is 1. The van der Waals surface area contributed by atoms with Crippen molar-refractivity contribution >= 4 is 11.6 Å². The van der Waals surface area contributed by atoms with Gasteiger partial charge in [-0.25, -0.2) is 4.39 Å². The summed E-state index contributed by atoms with van der Waals surface area (Å²) in [6.45, 7) is 1.26. The molecule has 0 heterocycles. The number of aryl methyl sites for hydroxylation is 1. The first-order chi connectivity index (χ1) is 12.6. The molecule has 6 nitrogen and oxygen atoms in total. The molecule has 138 valence electrons. The first kappa shape index (κ1) is 19.4. The van der Waals surface area contributed by atoms with Crippen molar-refractivity contribution in [1.29, 1.82) is 0 Å². The van der Waals surface area contributed by atoms with E-state index in [1.807, 2.05) is 6.07 Å². The minimum Gasteiger partial charge on any atom is -0.356 e. The molecule has 0 aliphatic heterocycles. The van der Waals surface area contributed by atoms with E-state index in [0.29, 0.717) is 12.5 Å². The zero-order valence-corrected chi connectivity index (χ0v) is 14.7. The number of nitro benzene ring substituents is 1. The Morgan fingerprint density at radius 3 is 2.54 bits per heavy atom. The number of rotatable bonds is 8. The van der Waals surface area contributed by atoms with Gasteiger partial charge in [0.1, 0.15) is 5.82 Å². The van der Waals surface area contributed by atoms with Gasteiger partial charge in [-0.2, -0.15) is 0 Å². The Bertz CT molecular complexity index is 747. The number of non-ortho nitro benzene ring substituents is 1. The average Bonchev–Trinajstić information content (AvgIpc) is 2.64. The number of halogens is 1. The molecule has 0 aromatic heterocycles. The number of nitro groups is 1. The highest BCUT2D eigenvalue weighted by Crippen LogP contribution is 2.13. The maximum absolute atomic E-state index is 13.2. The van der Waals surface area contributed by atoms with Crippen LogP contribution in [0.4, 0.5) is 10.1 Å². The highest BCUT2D eigenvalue weighted by Gasteiger charge is 2.04. The fraction of sp³-hybridized carbons (Fsp3) is 0.316. The van der Waals surface area contributed by atoms with Crippen LogP contribution in [0.25, 0.3) is 0 Å². The number of unbranched alkanes of at least 4 members (excludes halogenated alkanes) is 1. The van der Waals surface area contributed by atoms with Crippen LogP contribution in [-0.2, 0) is 13.0 Å². The maximum Gasteiger partial charge on any atom is 0.269 e. The second-order valence-electron chi connectivity index (χ2n) is 5.86. The summed E-state index contributed by atoms with van der Waals surface area (Å²) < 4.78 is 13.2. The summed E-state index contributed by atoms with van der Waals surface area (Å²) in [6, 6.07) is 13.1. The Balaban J connectivity index is 1.65. The van der Waals surface area contributed by atoms with Crippen LogP contribution in [0.15, 0.2) is 53.5 Å². The van der Waals surface area contributed by atoms with Crippen molar-refractivity contribution in [3.05, 3.63) is 75.6 Å². The molecule has 0 saturated carbocycles. The van der Waals surface area contributed by atoms with Crippen LogP contribution in [0.3, 0.4) is 0 Å². The number of nitrogens with one attached hydrogen (secondary N) is 2.